The molecular weight excluding hydrogens is 169 g/mol. The molecule has 0 amide bonds. The van der Waals surface area contributed by atoms with Gasteiger partial charge in [0.1, 0.15) is 12.1 Å². The molecule has 0 unspecified atom stereocenters. The zero-order valence-corrected chi connectivity index (χ0v) is 6.90. The molecule has 3 heteroatoms. The van der Waals surface area contributed by atoms with E-state index in [2.05, 4.69) is 0 Å². The number of halogens is 1. The van der Waals surface area contributed by atoms with Crippen LogP contribution in [-0.4, -0.2) is 10.9 Å². The van der Waals surface area contributed by atoms with Crippen molar-refractivity contribution in [3.05, 3.63) is 36.3 Å². The number of carbonyl (C=O) groups is 1. The molecule has 0 spiro atoms. The predicted molar refractivity (Wildman–Crippen MR) is 48.0 cm³/mol. The van der Waals surface area contributed by atoms with Crippen LogP contribution >= 0.6 is 0 Å². The summed E-state index contributed by atoms with van der Waals surface area (Å²) in [6.07, 6.45) is 2.10. The van der Waals surface area contributed by atoms with Gasteiger partial charge in [0, 0.05) is 11.6 Å². The number of benzene rings is 1. The van der Waals surface area contributed by atoms with Gasteiger partial charge in [-0.15, -0.1) is 0 Å². The van der Waals surface area contributed by atoms with E-state index in [9.17, 15) is 9.18 Å². The largest absolute Gasteiger partial charge is 0.337 e. The van der Waals surface area contributed by atoms with E-state index in [0.29, 0.717) is 5.39 Å². The fourth-order valence-corrected chi connectivity index (χ4v) is 1.43. The van der Waals surface area contributed by atoms with Crippen molar-refractivity contribution in [1.82, 2.24) is 4.57 Å². The Balaban J connectivity index is 2.70. The minimum Gasteiger partial charge on any atom is -0.337 e. The molecule has 2 rings (SSSR count). The minimum atomic E-state index is -0.280. The van der Waals surface area contributed by atoms with E-state index in [4.69, 9.17) is 0 Å². The Morgan fingerprint density at radius 2 is 2.15 bits per heavy atom. The lowest BCUT2D eigenvalue weighted by atomic mass is 10.2. The van der Waals surface area contributed by atoms with Crippen molar-refractivity contribution < 1.29 is 9.18 Å². The summed E-state index contributed by atoms with van der Waals surface area (Å²) in [6.45, 7) is 0.199. The van der Waals surface area contributed by atoms with Crippen LogP contribution in [0.15, 0.2) is 30.5 Å². The van der Waals surface area contributed by atoms with Gasteiger partial charge in [-0.1, -0.05) is 12.1 Å². The summed E-state index contributed by atoms with van der Waals surface area (Å²) < 4.78 is 14.8. The fraction of sp³-hybridized carbons (Fsp3) is 0.100. The number of aromatic nitrogens is 1. The number of aldehydes is 1. The quantitative estimate of drug-likeness (QED) is 0.643. The molecule has 0 saturated heterocycles. The van der Waals surface area contributed by atoms with Gasteiger partial charge in [-0.05, 0) is 12.1 Å². The molecule has 0 saturated carbocycles. The molecule has 0 aliphatic rings. The second-order valence-corrected chi connectivity index (χ2v) is 2.81. The second kappa shape index (κ2) is 3.01. The van der Waals surface area contributed by atoms with E-state index in [1.807, 2.05) is 6.07 Å². The van der Waals surface area contributed by atoms with Gasteiger partial charge < -0.3 is 9.36 Å². The van der Waals surface area contributed by atoms with Crippen LogP contribution in [0.3, 0.4) is 0 Å². The molecule has 13 heavy (non-hydrogen) atoms. The Morgan fingerprint density at radius 3 is 2.92 bits per heavy atom. The molecule has 66 valence electrons. The standard InChI is InChI=1S/C10H8FNO/c11-9-7-12(5-6-13)10-4-2-1-3-8(9)10/h1-4,6-7H,5H2. The summed E-state index contributed by atoms with van der Waals surface area (Å²) in [5.41, 5.74) is 0.757. The average Bonchev–Trinajstić information content (AvgIpc) is 2.46. The predicted octanol–water partition coefficient (Wildman–Crippen LogP) is 1.98. The molecule has 1 heterocycles. The number of rotatable bonds is 2. The molecule has 0 fully saturated rings. The number of fused-ring (bicyclic) bond motifs is 1. The molecule has 1 aromatic carbocycles. The van der Waals surface area contributed by atoms with Gasteiger partial charge in [0.05, 0.1) is 12.1 Å². The van der Waals surface area contributed by atoms with E-state index in [-0.39, 0.29) is 12.4 Å². The monoisotopic (exact) mass is 177 g/mol. The summed E-state index contributed by atoms with van der Waals surface area (Å²) in [6, 6.07) is 7.09. The molecule has 0 aliphatic carbocycles. The summed E-state index contributed by atoms with van der Waals surface area (Å²) in [4.78, 5) is 10.3. The molecule has 0 atom stereocenters. The Bertz CT molecular complexity index is 447. The van der Waals surface area contributed by atoms with Gasteiger partial charge >= 0.3 is 0 Å². The third-order valence-corrected chi connectivity index (χ3v) is 2.01. The normalized spacial score (nSPS) is 10.5. The molecular formula is C10H8FNO. The first-order chi connectivity index (χ1) is 6.33. The second-order valence-electron chi connectivity index (χ2n) is 2.81. The zero-order chi connectivity index (χ0) is 9.26. The molecule has 0 N–H and O–H groups in total. The third kappa shape index (κ3) is 1.22. The van der Waals surface area contributed by atoms with Crippen LogP contribution in [0.1, 0.15) is 0 Å². The highest BCUT2D eigenvalue weighted by Gasteiger charge is 2.05. The van der Waals surface area contributed by atoms with Gasteiger partial charge in [0.15, 0.2) is 0 Å². The maximum absolute atomic E-state index is 13.2. The van der Waals surface area contributed by atoms with Crippen molar-refractivity contribution >= 4 is 17.2 Å². The minimum absolute atomic E-state index is 0.199. The van der Waals surface area contributed by atoms with Gasteiger partial charge in [-0.2, -0.15) is 0 Å². The van der Waals surface area contributed by atoms with Gasteiger partial charge in [0.2, 0.25) is 0 Å². The van der Waals surface area contributed by atoms with Crippen molar-refractivity contribution in [2.45, 2.75) is 6.54 Å². The zero-order valence-electron chi connectivity index (χ0n) is 6.90. The summed E-state index contributed by atoms with van der Waals surface area (Å²) in [5.74, 6) is -0.280. The molecule has 2 nitrogen and oxygen atoms in total. The maximum Gasteiger partial charge on any atom is 0.148 e. The molecule has 2 aromatic rings. The van der Waals surface area contributed by atoms with Crippen molar-refractivity contribution in [3.8, 4) is 0 Å². The number of carbonyl (C=O) groups excluding carboxylic acids is 1. The van der Waals surface area contributed by atoms with E-state index in [1.54, 1.807) is 22.8 Å². The SMILES string of the molecule is O=CCn1cc(F)c2ccccc21. The van der Waals surface area contributed by atoms with Gasteiger partial charge in [-0.25, -0.2) is 4.39 Å². The van der Waals surface area contributed by atoms with Crippen LogP contribution in [0.25, 0.3) is 10.9 Å². The highest BCUT2D eigenvalue weighted by atomic mass is 19.1. The maximum atomic E-state index is 13.2. The first kappa shape index (κ1) is 7.98. The lowest BCUT2D eigenvalue weighted by molar-refractivity contribution is -0.108. The molecule has 0 aliphatic heterocycles. The molecule has 1 aromatic heterocycles. The number of hydrogen-bond donors (Lipinski definition) is 0. The highest BCUT2D eigenvalue weighted by Crippen LogP contribution is 2.18. The first-order valence-electron chi connectivity index (χ1n) is 4.00. The van der Waals surface area contributed by atoms with Crippen LogP contribution < -0.4 is 0 Å². The van der Waals surface area contributed by atoms with Crippen LogP contribution in [0.2, 0.25) is 0 Å². The Morgan fingerprint density at radius 1 is 1.38 bits per heavy atom. The van der Waals surface area contributed by atoms with Crippen LogP contribution in [0, 0.1) is 5.82 Å². The van der Waals surface area contributed by atoms with E-state index in [0.717, 1.165) is 11.8 Å². The lowest BCUT2D eigenvalue weighted by Crippen LogP contribution is -1.95. The van der Waals surface area contributed by atoms with Crippen LogP contribution in [-0.2, 0) is 11.3 Å². The topological polar surface area (TPSA) is 22.0 Å². The summed E-state index contributed by atoms with van der Waals surface area (Å²) in [7, 11) is 0. The van der Waals surface area contributed by atoms with E-state index >= 15 is 0 Å². The van der Waals surface area contributed by atoms with E-state index in [1.165, 1.54) is 6.20 Å². The third-order valence-electron chi connectivity index (χ3n) is 2.01. The van der Waals surface area contributed by atoms with Gasteiger partial charge in [0.25, 0.3) is 0 Å². The Hall–Kier alpha value is -1.64. The lowest BCUT2D eigenvalue weighted by Gasteiger charge is -1.96. The van der Waals surface area contributed by atoms with Crippen molar-refractivity contribution in [3.63, 3.8) is 0 Å². The van der Waals surface area contributed by atoms with Crippen LogP contribution in [0.4, 0.5) is 4.39 Å². The smallest absolute Gasteiger partial charge is 0.148 e. The molecule has 0 bridgehead atoms. The van der Waals surface area contributed by atoms with Crippen molar-refractivity contribution in [2.24, 2.45) is 0 Å². The number of hydrogen-bond acceptors (Lipinski definition) is 1. The summed E-state index contributed by atoms with van der Waals surface area (Å²) in [5, 5.41) is 0.560. The average molecular weight is 177 g/mol. The Labute approximate surface area is 74.6 Å². The first-order valence-corrected chi connectivity index (χ1v) is 4.00. The van der Waals surface area contributed by atoms with Crippen molar-refractivity contribution in [2.75, 3.05) is 0 Å². The number of nitrogens with zero attached hydrogens (tertiary/aromatic N) is 1. The number of para-hydroxylation sites is 1. The van der Waals surface area contributed by atoms with Crippen molar-refractivity contribution in [1.29, 1.82) is 0 Å². The Kier molecular flexibility index (Phi) is 1.85. The summed E-state index contributed by atoms with van der Waals surface area (Å²) >= 11 is 0. The highest BCUT2D eigenvalue weighted by molar-refractivity contribution is 5.81. The molecule has 0 radical (unpaired) electrons. The van der Waals surface area contributed by atoms with Gasteiger partial charge in [-0.3, -0.25) is 0 Å². The van der Waals surface area contributed by atoms with E-state index < -0.39 is 0 Å². The van der Waals surface area contributed by atoms with Crippen LogP contribution in [0.5, 0.6) is 0 Å². The fourth-order valence-electron chi connectivity index (χ4n) is 1.43.